The van der Waals surface area contributed by atoms with E-state index in [-0.39, 0.29) is 28.2 Å². The number of morpholine rings is 1. The van der Waals surface area contributed by atoms with E-state index in [4.69, 9.17) is 37.8 Å². The number of hydrogen-bond donors (Lipinski definition) is 1. The predicted molar refractivity (Wildman–Crippen MR) is 169 cm³/mol. The van der Waals surface area contributed by atoms with Crippen molar-refractivity contribution in [2.24, 2.45) is 5.92 Å². The van der Waals surface area contributed by atoms with Gasteiger partial charge in [0.2, 0.25) is 5.06 Å². The molecule has 2 aromatic carbocycles. The van der Waals surface area contributed by atoms with Gasteiger partial charge < -0.3 is 19.5 Å². The summed E-state index contributed by atoms with van der Waals surface area (Å²) in [6.07, 6.45) is 0.200. The number of aromatic nitrogens is 1. The zero-order valence-electron chi connectivity index (χ0n) is 25.0. The molecule has 45 heavy (non-hydrogen) atoms. The van der Waals surface area contributed by atoms with Crippen molar-refractivity contribution in [1.29, 1.82) is 0 Å². The summed E-state index contributed by atoms with van der Waals surface area (Å²) in [5, 5.41) is 9.73. The van der Waals surface area contributed by atoms with Crippen LogP contribution in [0.2, 0.25) is 10.0 Å². The van der Waals surface area contributed by atoms with E-state index >= 15 is 4.39 Å². The molecule has 1 saturated heterocycles. The zero-order chi connectivity index (χ0) is 32.9. The summed E-state index contributed by atoms with van der Waals surface area (Å²) in [5.74, 6) is -1.61. The van der Waals surface area contributed by atoms with Crippen molar-refractivity contribution in [3.63, 3.8) is 0 Å². The average Bonchev–Trinajstić information content (AvgIpc) is 3.70. The first-order valence-corrected chi connectivity index (χ1v) is 17.5. The molecule has 14 heteroatoms. The maximum Gasteiger partial charge on any atom is 0.512 e. The van der Waals surface area contributed by atoms with Gasteiger partial charge in [0.05, 0.1) is 32.8 Å². The molecule has 3 aromatic rings. The number of thiazole rings is 1. The third-order valence-corrected chi connectivity index (χ3v) is 12.2. The minimum atomic E-state index is -3.72. The van der Waals surface area contributed by atoms with Crippen LogP contribution in [0.3, 0.4) is 0 Å². The van der Waals surface area contributed by atoms with Gasteiger partial charge >= 0.3 is 6.16 Å². The van der Waals surface area contributed by atoms with E-state index < -0.39 is 56.3 Å². The maximum atomic E-state index is 15.0. The molecule has 5 rings (SSSR count). The smallest absolute Gasteiger partial charge is 0.449 e. The maximum absolute atomic E-state index is 15.0. The number of ether oxygens (including phenoxy) is 2. The van der Waals surface area contributed by atoms with Crippen LogP contribution in [0.5, 0.6) is 5.06 Å². The number of carboxylic acid groups (broad SMARTS) is 1. The van der Waals surface area contributed by atoms with E-state index in [1.54, 1.807) is 62.9 Å². The molecule has 1 N–H and O–H groups in total. The second kappa shape index (κ2) is 12.4. The number of carbonyl (C=O) groups is 2. The highest BCUT2D eigenvalue weighted by Gasteiger charge is 2.56. The van der Waals surface area contributed by atoms with Crippen LogP contribution in [0.15, 0.2) is 48.7 Å². The number of carbonyl (C=O) groups excluding carboxylic acids is 1. The molecule has 0 unspecified atom stereocenters. The van der Waals surface area contributed by atoms with Gasteiger partial charge in [0.15, 0.2) is 15.4 Å². The van der Waals surface area contributed by atoms with Gasteiger partial charge in [0, 0.05) is 17.5 Å². The molecule has 1 aliphatic carbocycles. The first-order chi connectivity index (χ1) is 21.0. The predicted octanol–water partition coefficient (Wildman–Crippen LogP) is 7.28. The Hall–Kier alpha value is -2.77. The van der Waals surface area contributed by atoms with E-state index in [1.807, 2.05) is 0 Å². The number of benzene rings is 2. The van der Waals surface area contributed by atoms with Gasteiger partial charge in [0.25, 0.3) is 5.91 Å². The van der Waals surface area contributed by atoms with E-state index in [0.717, 1.165) is 24.2 Å². The summed E-state index contributed by atoms with van der Waals surface area (Å²) < 4.78 is 52.8. The van der Waals surface area contributed by atoms with Crippen molar-refractivity contribution >= 4 is 56.4 Å². The van der Waals surface area contributed by atoms with Gasteiger partial charge in [-0.25, -0.2) is 22.6 Å². The van der Waals surface area contributed by atoms with Gasteiger partial charge in [0.1, 0.15) is 11.9 Å². The Morgan fingerprint density at radius 2 is 1.93 bits per heavy atom. The molecular formula is C31H33Cl2FN2O7S2. The Balaban J connectivity index is 1.69. The Morgan fingerprint density at radius 3 is 2.53 bits per heavy atom. The van der Waals surface area contributed by atoms with Crippen molar-refractivity contribution in [2.45, 2.75) is 75.5 Å². The second-order valence-electron chi connectivity index (χ2n) is 12.6. The fourth-order valence-corrected chi connectivity index (χ4v) is 8.18. The number of halogens is 3. The first kappa shape index (κ1) is 33.6. The molecule has 0 radical (unpaired) electrons. The lowest BCUT2D eigenvalue weighted by molar-refractivity contribution is -0.202. The highest BCUT2D eigenvalue weighted by Crippen LogP contribution is 2.51. The Morgan fingerprint density at radius 1 is 1.22 bits per heavy atom. The molecule has 1 amide bonds. The van der Waals surface area contributed by atoms with Crippen LogP contribution in [0.25, 0.3) is 0 Å². The lowest BCUT2D eigenvalue weighted by Gasteiger charge is -2.52. The summed E-state index contributed by atoms with van der Waals surface area (Å²) in [7, 11) is -3.72. The van der Waals surface area contributed by atoms with Crippen molar-refractivity contribution in [2.75, 3.05) is 5.75 Å². The minimum Gasteiger partial charge on any atom is -0.449 e. The van der Waals surface area contributed by atoms with E-state index in [1.165, 1.54) is 18.3 Å². The second-order valence-corrected chi connectivity index (χ2v) is 17.3. The molecule has 4 atom stereocenters. The highest BCUT2D eigenvalue weighted by atomic mass is 35.5. The van der Waals surface area contributed by atoms with Crippen LogP contribution in [0.1, 0.15) is 68.8 Å². The standard InChI is InChI=1S/C31H33Cl2FN2O7S2/c1-30(2,3)45(40,41)16-23(17-8-9-17)36-26(18-10-11-21(33)22(34)13-18)27(19-6-5-7-20(32)12-19)43-31(4,28(36)37)14-24-35-15-25(44-24)42-29(38)39/h5-7,10-13,15,17,23,26-27H,8-9,14,16H2,1-4H3,(H,38,39)/t23-,26-,27-,31-/m1/s1. The molecule has 242 valence electrons. The number of rotatable bonds is 9. The molecule has 0 bridgehead atoms. The first-order valence-electron chi connectivity index (χ1n) is 14.3. The average molecular weight is 700 g/mol. The zero-order valence-corrected chi connectivity index (χ0v) is 28.1. The number of nitrogens with zero attached hydrogens (tertiary/aromatic N) is 2. The molecule has 1 aromatic heterocycles. The number of amides is 1. The molecule has 2 heterocycles. The largest absolute Gasteiger partial charge is 0.512 e. The van der Waals surface area contributed by atoms with Gasteiger partial charge in [-0.05, 0) is 81.8 Å². The number of hydrogen-bond acceptors (Lipinski definition) is 8. The number of sulfone groups is 1. The lowest BCUT2D eigenvalue weighted by Crippen LogP contribution is -2.62. The van der Waals surface area contributed by atoms with Crippen LogP contribution < -0.4 is 4.74 Å². The van der Waals surface area contributed by atoms with E-state index in [0.29, 0.717) is 21.2 Å². The molecule has 1 aliphatic heterocycles. The molecule has 1 saturated carbocycles. The van der Waals surface area contributed by atoms with Crippen LogP contribution in [0, 0.1) is 11.7 Å². The Bertz CT molecular complexity index is 1720. The summed E-state index contributed by atoms with van der Waals surface area (Å²) >= 11 is 13.4. The lowest BCUT2D eigenvalue weighted by atomic mass is 9.85. The van der Waals surface area contributed by atoms with Crippen LogP contribution in [-0.2, 0) is 25.8 Å². The van der Waals surface area contributed by atoms with Crippen LogP contribution in [-0.4, -0.2) is 57.6 Å². The highest BCUT2D eigenvalue weighted by molar-refractivity contribution is 7.92. The van der Waals surface area contributed by atoms with Gasteiger partial charge in [-0.2, -0.15) is 0 Å². The third kappa shape index (κ3) is 7.15. The topological polar surface area (TPSA) is 123 Å². The minimum absolute atomic E-state index is 0.0225. The molecule has 2 aliphatic rings. The molecule has 0 spiro atoms. The summed E-state index contributed by atoms with van der Waals surface area (Å²) in [6.45, 7) is 6.47. The Labute approximate surface area is 275 Å². The fourth-order valence-electron chi connectivity index (χ4n) is 5.58. The summed E-state index contributed by atoms with van der Waals surface area (Å²) in [4.78, 5) is 31.7. The third-order valence-electron chi connectivity index (χ3n) is 8.18. The molecule has 2 fully saturated rings. The van der Waals surface area contributed by atoms with E-state index in [2.05, 4.69) is 4.98 Å². The molecule has 9 nitrogen and oxygen atoms in total. The van der Waals surface area contributed by atoms with Crippen molar-refractivity contribution < 1.29 is 37.0 Å². The van der Waals surface area contributed by atoms with Crippen LogP contribution >= 0.6 is 34.5 Å². The molecular weight excluding hydrogens is 666 g/mol. The van der Waals surface area contributed by atoms with Crippen molar-refractivity contribution in [3.05, 3.63) is 80.7 Å². The quantitative estimate of drug-likeness (QED) is 0.231. The summed E-state index contributed by atoms with van der Waals surface area (Å²) in [5.41, 5.74) is -0.623. The van der Waals surface area contributed by atoms with Crippen molar-refractivity contribution in [3.8, 4) is 5.06 Å². The van der Waals surface area contributed by atoms with Gasteiger partial charge in [-0.3, -0.25) is 4.79 Å². The monoisotopic (exact) mass is 698 g/mol. The SMILES string of the molecule is CC(C)(C)S(=O)(=O)C[C@H](C1CC1)N1C(=O)[C@@](C)(Cc2ncc(OC(=O)O)s2)O[C@H](c2cccc(Cl)c2)[C@H]1c1ccc(Cl)c(F)c1. The Kier molecular flexibility index (Phi) is 9.29. The van der Waals surface area contributed by atoms with Crippen LogP contribution in [0.4, 0.5) is 9.18 Å². The summed E-state index contributed by atoms with van der Waals surface area (Å²) in [6, 6.07) is 9.46. The van der Waals surface area contributed by atoms with E-state index in [9.17, 15) is 18.0 Å². The van der Waals surface area contributed by atoms with Gasteiger partial charge in [-0.1, -0.05) is 52.7 Å². The normalized spacial score (nSPS) is 23.2. The fraction of sp³-hybridized carbons (Fsp3) is 0.452. The van der Waals surface area contributed by atoms with Gasteiger partial charge in [-0.15, -0.1) is 0 Å². The van der Waals surface area contributed by atoms with Crippen molar-refractivity contribution in [1.82, 2.24) is 9.88 Å².